The summed E-state index contributed by atoms with van der Waals surface area (Å²) < 4.78 is 10.6. The van der Waals surface area contributed by atoms with E-state index in [1.54, 1.807) is 38.6 Å². The van der Waals surface area contributed by atoms with Gasteiger partial charge in [-0.05, 0) is 29.8 Å². The first-order valence-corrected chi connectivity index (χ1v) is 9.52. The van der Waals surface area contributed by atoms with E-state index in [0.29, 0.717) is 35.1 Å². The van der Waals surface area contributed by atoms with E-state index in [9.17, 15) is 9.59 Å². The molecule has 0 fully saturated rings. The number of benzene rings is 2. The highest BCUT2D eigenvalue weighted by Crippen LogP contribution is 2.35. The summed E-state index contributed by atoms with van der Waals surface area (Å²) in [5.41, 5.74) is 4.33. The Morgan fingerprint density at radius 2 is 1.94 bits per heavy atom. The molecule has 8 nitrogen and oxygen atoms in total. The highest BCUT2D eigenvalue weighted by Gasteiger charge is 2.21. The van der Waals surface area contributed by atoms with Crippen molar-refractivity contribution in [2.75, 3.05) is 24.9 Å². The number of hydrogen-bond acceptors (Lipinski definition) is 7. The van der Waals surface area contributed by atoms with Crippen molar-refractivity contribution in [1.29, 1.82) is 0 Å². The standard InChI is InChI=1S/C23H20N4O4/c1-30-19-8-6-16(12-20(19)31-2)25-23-24-13-15-11-21(29)26-18-10-14(4-3-9-28)5-7-17(18)22(15)27-23/h3-10,12-13H,11H2,1-2H3,(H,26,29)(H,24,25,27)/b4-3+. The number of aldehydes is 1. The molecule has 1 aliphatic heterocycles. The molecule has 2 heterocycles. The van der Waals surface area contributed by atoms with Gasteiger partial charge in [0.2, 0.25) is 11.9 Å². The van der Waals surface area contributed by atoms with Crippen LogP contribution in [0.2, 0.25) is 0 Å². The SMILES string of the molecule is COc1ccc(Nc2ncc3c(n2)-c2ccc(/C=C/C=O)cc2NC(=O)C3)cc1OC. The van der Waals surface area contributed by atoms with Crippen LogP contribution in [-0.4, -0.2) is 36.4 Å². The molecule has 156 valence electrons. The van der Waals surface area contributed by atoms with E-state index in [-0.39, 0.29) is 12.3 Å². The van der Waals surface area contributed by atoms with Gasteiger partial charge in [0.05, 0.1) is 32.0 Å². The Kier molecular flexibility index (Phi) is 5.61. The lowest BCUT2D eigenvalue weighted by atomic mass is 10.0. The van der Waals surface area contributed by atoms with E-state index in [0.717, 1.165) is 22.4 Å². The molecule has 2 aromatic carbocycles. The van der Waals surface area contributed by atoms with Gasteiger partial charge in [0.1, 0.15) is 6.29 Å². The second-order valence-electron chi connectivity index (χ2n) is 6.79. The van der Waals surface area contributed by atoms with Gasteiger partial charge in [-0.2, -0.15) is 0 Å². The van der Waals surface area contributed by atoms with Gasteiger partial charge in [-0.15, -0.1) is 0 Å². The zero-order chi connectivity index (χ0) is 21.8. The van der Waals surface area contributed by atoms with Gasteiger partial charge in [0.15, 0.2) is 11.5 Å². The lowest BCUT2D eigenvalue weighted by molar-refractivity contribution is -0.115. The minimum atomic E-state index is -0.152. The summed E-state index contributed by atoms with van der Waals surface area (Å²) in [5, 5.41) is 6.07. The summed E-state index contributed by atoms with van der Waals surface area (Å²) in [6.45, 7) is 0. The van der Waals surface area contributed by atoms with Crippen molar-refractivity contribution in [3.8, 4) is 22.8 Å². The van der Waals surface area contributed by atoms with E-state index in [4.69, 9.17) is 9.47 Å². The van der Waals surface area contributed by atoms with Crippen LogP contribution < -0.4 is 20.1 Å². The number of carbonyl (C=O) groups excluding carboxylic acids is 2. The summed E-state index contributed by atoms with van der Waals surface area (Å²) in [5.74, 6) is 1.43. The van der Waals surface area contributed by atoms with Crippen LogP contribution in [0, 0.1) is 0 Å². The van der Waals surface area contributed by atoms with E-state index in [1.165, 1.54) is 6.08 Å². The van der Waals surface area contributed by atoms with Crippen LogP contribution in [0.15, 0.2) is 48.7 Å². The first-order valence-electron chi connectivity index (χ1n) is 9.52. The van der Waals surface area contributed by atoms with Crippen molar-refractivity contribution < 1.29 is 19.1 Å². The Morgan fingerprint density at radius 3 is 2.71 bits per heavy atom. The molecule has 2 N–H and O–H groups in total. The Balaban J connectivity index is 1.72. The van der Waals surface area contributed by atoms with Crippen molar-refractivity contribution >= 4 is 35.6 Å². The lowest BCUT2D eigenvalue weighted by Gasteiger charge is -2.12. The summed E-state index contributed by atoms with van der Waals surface area (Å²) in [4.78, 5) is 32.0. The van der Waals surface area contributed by atoms with E-state index >= 15 is 0 Å². The number of methoxy groups -OCH3 is 2. The van der Waals surface area contributed by atoms with Crippen molar-refractivity contribution in [1.82, 2.24) is 9.97 Å². The van der Waals surface area contributed by atoms with Crippen molar-refractivity contribution in [3.05, 3.63) is 59.8 Å². The topological polar surface area (TPSA) is 102 Å². The number of aromatic nitrogens is 2. The number of nitrogens with zero attached hydrogens (tertiary/aromatic N) is 2. The van der Waals surface area contributed by atoms with Gasteiger partial charge >= 0.3 is 0 Å². The Morgan fingerprint density at radius 1 is 1.10 bits per heavy atom. The second kappa shape index (κ2) is 8.66. The first-order chi connectivity index (χ1) is 15.1. The molecule has 0 atom stereocenters. The highest BCUT2D eigenvalue weighted by atomic mass is 16.5. The van der Waals surface area contributed by atoms with Crippen LogP contribution in [0.5, 0.6) is 11.5 Å². The van der Waals surface area contributed by atoms with Crippen LogP contribution in [0.4, 0.5) is 17.3 Å². The number of hydrogen-bond donors (Lipinski definition) is 2. The molecule has 1 amide bonds. The van der Waals surface area contributed by atoms with Gasteiger partial charge in [-0.25, -0.2) is 9.97 Å². The van der Waals surface area contributed by atoms with E-state index in [1.807, 2.05) is 24.3 Å². The molecule has 0 saturated carbocycles. The summed E-state index contributed by atoms with van der Waals surface area (Å²) in [6.07, 6.45) is 5.61. The number of carbonyl (C=O) groups is 2. The molecule has 0 bridgehead atoms. The molecule has 1 aliphatic rings. The molecule has 4 rings (SSSR count). The number of ether oxygens (including phenoxy) is 2. The molecule has 0 radical (unpaired) electrons. The third kappa shape index (κ3) is 4.23. The fourth-order valence-corrected chi connectivity index (χ4v) is 3.37. The quantitative estimate of drug-likeness (QED) is 0.467. The minimum absolute atomic E-state index is 0.152. The maximum Gasteiger partial charge on any atom is 0.228 e. The largest absolute Gasteiger partial charge is 0.493 e. The fraction of sp³-hybridized carbons (Fsp3) is 0.130. The van der Waals surface area contributed by atoms with Gasteiger partial charge in [0.25, 0.3) is 0 Å². The summed E-state index contributed by atoms with van der Waals surface area (Å²) >= 11 is 0. The highest BCUT2D eigenvalue weighted by molar-refractivity contribution is 6.00. The van der Waals surface area contributed by atoms with Crippen molar-refractivity contribution in [3.63, 3.8) is 0 Å². The zero-order valence-corrected chi connectivity index (χ0v) is 17.0. The number of anilines is 3. The number of fused-ring (bicyclic) bond motifs is 3. The molecule has 8 heteroatoms. The third-order valence-corrected chi connectivity index (χ3v) is 4.80. The van der Waals surface area contributed by atoms with Crippen LogP contribution in [0.1, 0.15) is 11.1 Å². The second-order valence-corrected chi connectivity index (χ2v) is 6.79. The predicted octanol–water partition coefficient (Wildman–Crippen LogP) is 3.61. The van der Waals surface area contributed by atoms with E-state index in [2.05, 4.69) is 20.6 Å². The normalized spacial score (nSPS) is 12.4. The Hall–Kier alpha value is -4.20. The Labute approximate surface area is 178 Å². The van der Waals surface area contributed by atoms with Crippen molar-refractivity contribution in [2.24, 2.45) is 0 Å². The molecule has 0 aliphatic carbocycles. The number of nitrogens with one attached hydrogen (secondary N) is 2. The Bertz CT molecular complexity index is 1190. The molecule has 31 heavy (non-hydrogen) atoms. The summed E-state index contributed by atoms with van der Waals surface area (Å²) in [6, 6.07) is 11.0. The fourth-order valence-electron chi connectivity index (χ4n) is 3.37. The van der Waals surface area contributed by atoms with Gasteiger partial charge in [-0.3, -0.25) is 9.59 Å². The van der Waals surface area contributed by atoms with Crippen LogP contribution >= 0.6 is 0 Å². The maximum absolute atomic E-state index is 12.4. The van der Waals surface area contributed by atoms with Crippen molar-refractivity contribution in [2.45, 2.75) is 6.42 Å². The van der Waals surface area contributed by atoms with E-state index < -0.39 is 0 Å². The summed E-state index contributed by atoms with van der Waals surface area (Å²) in [7, 11) is 3.15. The van der Waals surface area contributed by atoms with Gasteiger partial charge in [-0.1, -0.05) is 18.2 Å². The smallest absolute Gasteiger partial charge is 0.228 e. The van der Waals surface area contributed by atoms with Gasteiger partial charge < -0.3 is 20.1 Å². The molecule has 1 aromatic heterocycles. The molecular formula is C23H20N4O4. The number of rotatable bonds is 6. The predicted molar refractivity (Wildman–Crippen MR) is 118 cm³/mol. The molecule has 0 unspecified atom stereocenters. The lowest BCUT2D eigenvalue weighted by Crippen LogP contribution is -2.12. The minimum Gasteiger partial charge on any atom is -0.493 e. The number of amides is 1. The monoisotopic (exact) mass is 416 g/mol. The maximum atomic E-state index is 12.4. The molecule has 0 saturated heterocycles. The number of allylic oxidation sites excluding steroid dienone is 1. The van der Waals surface area contributed by atoms with Crippen LogP contribution in [0.3, 0.4) is 0 Å². The van der Waals surface area contributed by atoms with Gasteiger partial charge in [0, 0.05) is 29.1 Å². The molecule has 3 aromatic rings. The average molecular weight is 416 g/mol. The third-order valence-electron chi connectivity index (χ3n) is 4.80. The zero-order valence-electron chi connectivity index (χ0n) is 17.0. The van der Waals surface area contributed by atoms with Crippen LogP contribution in [0.25, 0.3) is 17.3 Å². The first kappa shape index (κ1) is 20.1. The molecule has 0 spiro atoms. The van der Waals surface area contributed by atoms with Crippen LogP contribution in [-0.2, 0) is 16.0 Å². The molecular weight excluding hydrogens is 396 g/mol. The average Bonchev–Trinajstić information content (AvgIpc) is 2.92.